The molecule has 3 unspecified atom stereocenters. The van der Waals surface area contributed by atoms with Gasteiger partial charge in [0.2, 0.25) is 0 Å². The molecule has 2 aliphatic heterocycles. The molecule has 0 amide bonds. The van der Waals surface area contributed by atoms with E-state index in [1.54, 1.807) is 0 Å². The predicted molar refractivity (Wildman–Crippen MR) is 150 cm³/mol. The van der Waals surface area contributed by atoms with Gasteiger partial charge in [0.15, 0.2) is 0 Å². The number of aliphatic hydroxyl groups excluding tert-OH is 2. The minimum absolute atomic E-state index is 0. The maximum absolute atomic E-state index is 11.5. The van der Waals surface area contributed by atoms with Gasteiger partial charge in [0.05, 0.1) is 31.5 Å². The molecule has 3 radical (unpaired) electrons. The quantitative estimate of drug-likeness (QED) is 0.499. The molecule has 0 aromatic heterocycles. The summed E-state index contributed by atoms with van der Waals surface area (Å²) < 4.78 is 11.7. The zero-order valence-corrected chi connectivity index (χ0v) is 25.7. The van der Waals surface area contributed by atoms with E-state index in [-0.39, 0.29) is 57.7 Å². The molecular weight excluding hydrogens is 490 g/mol. The number of carbonyl (C=O) groups is 1. The molecule has 2 aliphatic rings. The predicted octanol–water partition coefficient (Wildman–Crippen LogP) is -0.131. The largest absolute Gasteiger partial charge is 1.00 e. The summed E-state index contributed by atoms with van der Waals surface area (Å²) in [7, 11) is 5.12. The zero-order valence-electron chi connectivity index (χ0n) is 24.7. The minimum Gasteiger partial charge on any atom is -1.00 e. The summed E-state index contributed by atoms with van der Waals surface area (Å²) in [4.78, 5) is 15.9. The van der Waals surface area contributed by atoms with Gasteiger partial charge in [0.25, 0.3) is 0 Å². The van der Waals surface area contributed by atoms with Crippen molar-refractivity contribution >= 4 is 14.2 Å². The number of ketones is 1. The first-order chi connectivity index (χ1) is 17.5. The molecule has 0 aliphatic carbocycles. The van der Waals surface area contributed by atoms with Crippen LogP contribution in [0.5, 0.6) is 0 Å². The molecule has 0 spiro atoms. The molecule has 4 rings (SSSR count). The molecule has 3 atom stereocenters. The first-order valence-electron chi connectivity index (χ1n) is 12.8. The number of nitrogens with zero attached hydrogens (tertiary/aromatic N) is 2. The molecule has 7 nitrogen and oxygen atoms in total. The molecule has 2 heterocycles. The van der Waals surface area contributed by atoms with Gasteiger partial charge in [0.1, 0.15) is 5.78 Å². The molecule has 2 saturated heterocycles. The van der Waals surface area contributed by atoms with E-state index in [0.717, 1.165) is 51.7 Å². The van der Waals surface area contributed by atoms with Gasteiger partial charge in [0, 0.05) is 61.0 Å². The minimum atomic E-state index is -0.222. The van der Waals surface area contributed by atoms with Gasteiger partial charge >= 0.3 is 29.6 Å². The molecular formula is C29H45BN2NaO5. The maximum Gasteiger partial charge on any atom is 1.00 e. The normalized spacial score (nSPS) is 22.1. The Bertz CT molecular complexity index is 844. The van der Waals surface area contributed by atoms with Crippen molar-refractivity contribution in [3.8, 4) is 0 Å². The fourth-order valence-electron chi connectivity index (χ4n) is 4.29. The van der Waals surface area contributed by atoms with Crippen molar-refractivity contribution in [3.05, 3.63) is 71.8 Å². The summed E-state index contributed by atoms with van der Waals surface area (Å²) in [5.74, 6) is 0.312. The number of likely N-dealkylation sites (N-methyl/N-ethyl adjacent to an activating group) is 2. The van der Waals surface area contributed by atoms with E-state index in [0.29, 0.717) is 31.8 Å². The van der Waals surface area contributed by atoms with Crippen LogP contribution in [0.15, 0.2) is 60.7 Å². The van der Waals surface area contributed by atoms with Crippen molar-refractivity contribution in [2.45, 2.75) is 57.2 Å². The van der Waals surface area contributed by atoms with E-state index in [4.69, 9.17) is 14.6 Å². The third-order valence-corrected chi connectivity index (χ3v) is 6.29. The molecule has 2 aromatic carbocycles. The molecule has 38 heavy (non-hydrogen) atoms. The van der Waals surface area contributed by atoms with Crippen LogP contribution in [0.4, 0.5) is 0 Å². The van der Waals surface area contributed by atoms with Crippen molar-refractivity contribution in [1.82, 2.24) is 9.80 Å². The van der Waals surface area contributed by atoms with Gasteiger partial charge in [-0.1, -0.05) is 60.7 Å². The average molecular weight is 535 g/mol. The Hall–Kier alpha value is -1.07. The van der Waals surface area contributed by atoms with E-state index in [1.807, 2.05) is 55.6 Å². The third kappa shape index (κ3) is 15.5. The number of hydrogen-bond acceptors (Lipinski definition) is 7. The molecule has 0 bridgehead atoms. The van der Waals surface area contributed by atoms with Crippen LogP contribution in [-0.4, -0.2) is 99.9 Å². The summed E-state index contributed by atoms with van der Waals surface area (Å²) in [6, 6.07) is 20.3. The zero-order chi connectivity index (χ0) is 26.2. The molecule has 0 saturated carbocycles. The van der Waals surface area contributed by atoms with Crippen molar-refractivity contribution in [1.29, 1.82) is 0 Å². The summed E-state index contributed by atoms with van der Waals surface area (Å²) in [5, 5.41) is 16.8. The van der Waals surface area contributed by atoms with Crippen LogP contribution in [0.2, 0.25) is 0 Å². The topological polar surface area (TPSA) is 82.5 Å². The van der Waals surface area contributed by atoms with Crippen LogP contribution in [-0.2, 0) is 27.5 Å². The first kappa shape index (κ1) is 36.9. The molecule has 2 fully saturated rings. The third-order valence-electron chi connectivity index (χ3n) is 6.29. The van der Waals surface area contributed by atoms with Crippen LogP contribution < -0.4 is 29.6 Å². The standard InChI is InChI=1S/C14H21NO2.C14H19NO2.CH4O.B.Na.H/c2*1-15-8-7-13(16)9-14(10-15)17-11-12-5-3-2-4-6-12;1-2;;;/h2-6,13-14,16H,7-11H2,1H3;2-6,14H,7-11H2,1H3;2H,1H3;;;/q;;;;+1;-1. The fourth-order valence-corrected chi connectivity index (χ4v) is 4.29. The second-order valence-electron chi connectivity index (χ2n) is 9.53. The molecule has 9 heteroatoms. The monoisotopic (exact) mass is 535 g/mol. The van der Waals surface area contributed by atoms with Gasteiger partial charge in [-0.15, -0.1) is 0 Å². The second-order valence-corrected chi connectivity index (χ2v) is 9.53. The number of aliphatic hydroxyl groups is 2. The van der Waals surface area contributed by atoms with Crippen LogP contribution in [0, 0.1) is 0 Å². The van der Waals surface area contributed by atoms with E-state index >= 15 is 0 Å². The van der Waals surface area contributed by atoms with Gasteiger partial charge in [-0.3, -0.25) is 4.79 Å². The maximum atomic E-state index is 11.5. The Morgan fingerprint density at radius 3 is 1.87 bits per heavy atom. The second kappa shape index (κ2) is 21.7. The van der Waals surface area contributed by atoms with E-state index < -0.39 is 0 Å². The molecule has 2 aromatic rings. The van der Waals surface area contributed by atoms with Crippen molar-refractivity contribution in [2.24, 2.45) is 0 Å². The van der Waals surface area contributed by atoms with Crippen LogP contribution in [0.1, 0.15) is 38.2 Å². The summed E-state index contributed by atoms with van der Waals surface area (Å²) >= 11 is 0. The first-order valence-corrected chi connectivity index (χ1v) is 12.8. The number of ether oxygens (including phenoxy) is 2. The van der Waals surface area contributed by atoms with Gasteiger partial charge in [-0.2, -0.15) is 0 Å². The Morgan fingerprint density at radius 2 is 1.32 bits per heavy atom. The number of Topliss-reactive ketones (excluding diaryl/α,β-unsaturated/α-hetero) is 1. The summed E-state index contributed by atoms with van der Waals surface area (Å²) in [5.41, 5.74) is 2.35. The van der Waals surface area contributed by atoms with E-state index in [9.17, 15) is 9.90 Å². The fraction of sp³-hybridized carbons (Fsp3) is 0.552. The number of carbonyl (C=O) groups excluding carboxylic acids is 1. The van der Waals surface area contributed by atoms with Gasteiger partial charge in [-0.05, 0) is 31.6 Å². The Labute approximate surface area is 254 Å². The Morgan fingerprint density at radius 1 is 0.842 bits per heavy atom. The Kier molecular flexibility index (Phi) is 21.1. The van der Waals surface area contributed by atoms with Gasteiger partial charge < -0.3 is 30.9 Å². The molecule has 2 N–H and O–H groups in total. The number of benzene rings is 2. The van der Waals surface area contributed by atoms with Crippen molar-refractivity contribution < 1.29 is 55.5 Å². The van der Waals surface area contributed by atoms with Crippen LogP contribution in [0.25, 0.3) is 0 Å². The average Bonchev–Trinajstić information content (AvgIpc) is 3.18. The molecule has 205 valence electrons. The van der Waals surface area contributed by atoms with Crippen LogP contribution >= 0.6 is 0 Å². The van der Waals surface area contributed by atoms with Crippen molar-refractivity contribution in [3.63, 3.8) is 0 Å². The number of rotatable bonds is 6. The summed E-state index contributed by atoms with van der Waals surface area (Å²) in [6.07, 6.45) is 2.76. The number of likely N-dealkylation sites (tertiary alicyclic amines) is 2. The van der Waals surface area contributed by atoms with Crippen molar-refractivity contribution in [2.75, 3.05) is 47.4 Å². The van der Waals surface area contributed by atoms with E-state index in [2.05, 4.69) is 29.0 Å². The van der Waals surface area contributed by atoms with Gasteiger partial charge in [-0.25, -0.2) is 0 Å². The smallest absolute Gasteiger partial charge is 1.00 e. The SMILES string of the molecule is CN1CCC(=O)CC(OCc2ccccc2)C1.CN1CCC(O)CC(OCc2ccccc2)C1.CO.[B].[H-].[Na+]. The summed E-state index contributed by atoms with van der Waals surface area (Å²) in [6.45, 7) is 4.78. The number of hydrogen-bond donors (Lipinski definition) is 2. The Balaban J connectivity index is 0. The van der Waals surface area contributed by atoms with Crippen LogP contribution in [0.3, 0.4) is 0 Å². The van der Waals surface area contributed by atoms with E-state index in [1.165, 1.54) is 5.56 Å².